The molecular weight excluding hydrogens is 280 g/mol. The first kappa shape index (κ1) is 14.3. The fourth-order valence-corrected chi connectivity index (χ4v) is 1.91. The van der Waals surface area contributed by atoms with Gasteiger partial charge in [-0.3, -0.25) is 10.1 Å². The number of nitro groups is 1. The van der Waals surface area contributed by atoms with E-state index in [1.165, 1.54) is 18.2 Å². The van der Waals surface area contributed by atoms with E-state index in [1.54, 1.807) is 12.1 Å². The molecule has 0 spiro atoms. The van der Waals surface area contributed by atoms with Gasteiger partial charge in [0.1, 0.15) is 5.75 Å². The largest absolute Gasteiger partial charge is 0.455 e. The molecule has 0 aliphatic heterocycles. The van der Waals surface area contributed by atoms with Crippen LogP contribution in [-0.2, 0) is 0 Å². The summed E-state index contributed by atoms with van der Waals surface area (Å²) in [4.78, 5) is 10.3. The summed E-state index contributed by atoms with van der Waals surface area (Å²) >= 11 is 6.00. The van der Waals surface area contributed by atoms with Crippen molar-refractivity contribution in [3.05, 3.63) is 63.2 Å². The molecule has 1 atom stereocenters. The van der Waals surface area contributed by atoms with E-state index in [9.17, 15) is 10.1 Å². The second kappa shape index (κ2) is 5.90. The summed E-state index contributed by atoms with van der Waals surface area (Å²) in [6.45, 7) is 1.83. The highest BCUT2D eigenvalue weighted by atomic mass is 35.5. The van der Waals surface area contributed by atoms with Gasteiger partial charge in [-0.25, -0.2) is 0 Å². The molecule has 0 aliphatic rings. The van der Waals surface area contributed by atoms with Gasteiger partial charge in [0.25, 0.3) is 5.69 Å². The molecule has 2 N–H and O–H groups in total. The maximum atomic E-state index is 10.8. The van der Waals surface area contributed by atoms with Gasteiger partial charge in [0.05, 0.1) is 16.0 Å². The van der Waals surface area contributed by atoms with E-state index < -0.39 is 4.92 Å². The quantitative estimate of drug-likeness (QED) is 0.681. The fourth-order valence-electron chi connectivity index (χ4n) is 1.75. The number of non-ortho nitro benzene ring substituents is 1. The van der Waals surface area contributed by atoms with Gasteiger partial charge in [0, 0.05) is 17.7 Å². The molecule has 104 valence electrons. The summed E-state index contributed by atoms with van der Waals surface area (Å²) in [5, 5.41) is 11.1. The van der Waals surface area contributed by atoms with E-state index >= 15 is 0 Å². The normalized spacial score (nSPS) is 11.9. The summed E-state index contributed by atoms with van der Waals surface area (Å²) < 4.78 is 5.68. The van der Waals surface area contributed by atoms with Gasteiger partial charge in [-0.15, -0.1) is 0 Å². The maximum absolute atomic E-state index is 10.8. The van der Waals surface area contributed by atoms with E-state index in [0.717, 1.165) is 5.56 Å². The minimum atomic E-state index is -0.499. The number of nitrogens with zero attached hydrogens (tertiary/aromatic N) is 1. The van der Waals surface area contributed by atoms with Gasteiger partial charge in [-0.1, -0.05) is 29.8 Å². The molecular formula is C14H13ClN2O3. The van der Waals surface area contributed by atoms with Crippen molar-refractivity contribution in [1.29, 1.82) is 0 Å². The second-order valence-corrected chi connectivity index (χ2v) is 4.71. The molecule has 0 amide bonds. The predicted octanol–water partition coefficient (Wildman–Crippen LogP) is 4.06. The molecule has 0 heterocycles. The smallest absolute Gasteiger partial charge is 0.273 e. The van der Waals surface area contributed by atoms with E-state index in [0.29, 0.717) is 10.8 Å². The van der Waals surface area contributed by atoms with Crippen LogP contribution in [-0.4, -0.2) is 4.92 Å². The van der Waals surface area contributed by atoms with Crippen molar-refractivity contribution < 1.29 is 9.66 Å². The lowest BCUT2D eigenvalue weighted by molar-refractivity contribution is -0.384. The van der Waals surface area contributed by atoms with E-state index in [1.807, 2.05) is 19.1 Å². The van der Waals surface area contributed by atoms with Crippen LogP contribution in [0, 0.1) is 10.1 Å². The third kappa shape index (κ3) is 3.07. The maximum Gasteiger partial charge on any atom is 0.273 e. The van der Waals surface area contributed by atoms with Gasteiger partial charge < -0.3 is 10.5 Å². The van der Waals surface area contributed by atoms with Crippen LogP contribution in [0.4, 0.5) is 5.69 Å². The zero-order chi connectivity index (χ0) is 14.7. The van der Waals surface area contributed by atoms with Crippen LogP contribution in [0.25, 0.3) is 0 Å². The van der Waals surface area contributed by atoms with E-state index in [2.05, 4.69) is 0 Å². The number of rotatable bonds is 4. The topological polar surface area (TPSA) is 78.4 Å². The average molecular weight is 293 g/mol. The Bertz CT molecular complexity index is 644. The lowest BCUT2D eigenvalue weighted by Crippen LogP contribution is -2.06. The number of nitrogens with two attached hydrogens (primary N) is 1. The Morgan fingerprint density at radius 3 is 2.60 bits per heavy atom. The Hall–Kier alpha value is -2.11. The Morgan fingerprint density at radius 1 is 1.25 bits per heavy atom. The third-order valence-corrected chi connectivity index (χ3v) is 3.07. The first-order valence-electron chi connectivity index (χ1n) is 5.95. The van der Waals surface area contributed by atoms with Crippen LogP contribution < -0.4 is 10.5 Å². The molecule has 0 aromatic heterocycles. The first-order valence-corrected chi connectivity index (χ1v) is 6.33. The van der Waals surface area contributed by atoms with Crippen LogP contribution >= 0.6 is 11.6 Å². The summed E-state index contributed by atoms with van der Waals surface area (Å²) in [7, 11) is 0. The molecule has 2 aromatic rings. The molecule has 0 bridgehead atoms. The molecule has 6 heteroatoms. The lowest BCUT2D eigenvalue weighted by Gasteiger charge is -2.14. The Balaban J connectivity index is 2.40. The summed E-state index contributed by atoms with van der Waals surface area (Å²) in [6.07, 6.45) is 0. The molecule has 2 aromatic carbocycles. The molecule has 0 unspecified atom stereocenters. The zero-order valence-corrected chi connectivity index (χ0v) is 11.5. The highest BCUT2D eigenvalue weighted by Crippen LogP contribution is 2.35. The number of benzene rings is 2. The highest BCUT2D eigenvalue weighted by Gasteiger charge is 2.14. The highest BCUT2D eigenvalue weighted by molar-refractivity contribution is 6.32. The summed E-state index contributed by atoms with van der Waals surface area (Å²) in [5.41, 5.74) is 6.58. The first-order chi connectivity index (χ1) is 9.49. The Kier molecular flexibility index (Phi) is 4.22. The fraction of sp³-hybridized carbons (Fsp3) is 0.143. The molecule has 2 rings (SSSR count). The number of hydrogen-bond donors (Lipinski definition) is 1. The Morgan fingerprint density at radius 2 is 1.95 bits per heavy atom. The van der Waals surface area contributed by atoms with Crippen molar-refractivity contribution >= 4 is 17.3 Å². The number of ether oxygens (including phenoxy) is 1. The molecule has 0 fully saturated rings. The van der Waals surface area contributed by atoms with Crippen molar-refractivity contribution in [3.63, 3.8) is 0 Å². The molecule has 20 heavy (non-hydrogen) atoms. The summed E-state index contributed by atoms with van der Waals surface area (Å²) in [5.74, 6) is 0.763. The van der Waals surface area contributed by atoms with Crippen LogP contribution in [0.2, 0.25) is 5.02 Å². The third-order valence-electron chi connectivity index (χ3n) is 2.76. The van der Waals surface area contributed by atoms with E-state index in [4.69, 9.17) is 22.1 Å². The van der Waals surface area contributed by atoms with Gasteiger partial charge in [-0.2, -0.15) is 0 Å². The van der Waals surface area contributed by atoms with Crippen molar-refractivity contribution in [1.82, 2.24) is 0 Å². The van der Waals surface area contributed by atoms with Crippen molar-refractivity contribution in [3.8, 4) is 11.5 Å². The van der Waals surface area contributed by atoms with E-state index in [-0.39, 0.29) is 17.5 Å². The SMILES string of the molecule is C[C@@H](N)c1ccccc1Oc1cc([N+](=O)[O-])ccc1Cl. The lowest BCUT2D eigenvalue weighted by atomic mass is 10.1. The van der Waals surface area contributed by atoms with Crippen LogP contribution in [0.3, 0.4) is 0 Å². The molecule has 0 aliphatic carbocycles. The molecule has 0 radical (unpaired) electrons. The monoisotopic (exact) mass is 292 g/mol. The van der Waals surface area contributed by atoms with Gasteiger partial charge in [-0.05, 0) is 19.1 Å². The minimum Gasteiger partial charge on any atom is -0.455 e. The van der Waals surface area contributed by atoms with Crippen molar-refractivity contribution in [2.75, 3.05) is 0 Å². The zero-order valence-electron chi connectivity index (χ0n) is 10.7. The van der Waals surface area contributed by atoms with Crippen molar-refractivity contribution in [2.24, 2.45) is 5.73 Å². The number of halogens is 1. The van der Waals surface area contributed by atoms with Gasteiger partial charge in [0.2, 0.25) is 0 Å². The van der Waals surface area contributed by atoms with Crippen LogP contribution in [0.5, 0.6) is 11.5 Å². The molecule has 0 saturated carbocycles. The van der Waals surface area contributed by atoms with Gasteiger partial charge >= 0.3 is 0 Å². The van der Waals surface area contributed by atoms with Gasteiger partial charge in [0.15, 0.2) is 5.75 Å². The van der Waals surface area contributed by atoms with Crippen molar-refractivity contribution in [2.45, 2.75) is 13.0 Å². The standard InChI is InChI=1S/C14H13ClN2O3/c1-9(16)11-4-2-3-5-13(11)20-14-8-10(17(18)19)6-7-12(14)15/h2-9H,16H2,1H3/t9-/m1/s1. The molecule has 0 saturated heterocycles. The minimum absolute atomic E-state index is 0.0809. The van der Waals surface area contributed by atoms with Crippen LogP contribution in [0.1, 0.15) is 18.5 Å². The average Bonchev–Trinajstić information content (AvgIpc) is 2.41. The number of hydrogen-bond acceptors (Lipinski definition) is 4. The summed E-state index contributed by atoms with van der Waals surface area (Å²) in [6, 6.07) is 11.1. The Labute approximate surface area is 121 Å². The second-order valence-electron chi connectivity index (χ2n) is 4.30. The predicted molar refractivity (Wildman–Crippen MR) is 77.2 cm³/mol. The number of nitro benzene ring substituents is 1. The molecule has 5 nitrogen and oxygen atoms in total. The van der Waals surface area contributed by atoms with Crippen LogP contribution in [0.15, 0.2) is 42.5 Å². The number of para-hydroxylation sites is 1.